The molecule has 1 unspecified atom stereocenters. The molecule has 19 heavy (non-hydrogen) atoms. The van der Waals surface area contributed by atoms with E-state index in [9.17, 15) is 9.90 Å². The number of benzene rings is 1. The summed E-state index contributed by atoms with van der Waals surface area (Å²) in [6.07, 6.45) is 3.15. The molecule has 0 radical (unpaired) electrons. The standard InChI is InChI=1S/C16H23NO2/c1-2-13-5-7-15(8-6-13)16(19)11-17-9-3-4-14(10-17)12-18/h5-8,14,18H,2-4,9-12H2,1H3. The van der Waals surface area contributed by atoms with E-state index in [-0.39, 0.29) is 12.4 Å². The van der Waals surface area contributed by atoms with E-state index in [2.05, 4.69) is 11.8 Å². The maximum absolute atomic E-state index is 12.2. The monoisotopic (exact) mass is 261 g/mol. The lowest BCUT2D eigenvalue weighted by atomic mass is 9.98. The topological polar surface area (TPSA) is 40.5 Å². The summed E-state index contributed by atoms with van der Waals surface area (Å²) < 4.78 is 0. The molecule has 1 N–H and O–H groups in total. The highest BCUT2D eigenvalue weighted by Gasteiger charge is 2.21. The summed E-state index contributed by atoms with van der Waals surface area (Å²) >= 11 is 0. The number of likely N-dealkylation sites (tertiary alicyclic amines) is 1. The lowest BCUT2D eigenvalue weighted by Gasteiger charge is -2.31. The predicted octanol–water partition coefficient (Wildman–Crippen LogP) is 2.14. The highest BCUT2D eigenvalue weighted by atomic mass is 16.3. The van der Waals surface area contributed by atoms with Crippen molar-refractivity contribution >= 4 is 5.78 Å². The van der Waals surface area contributed by atoms with Crippen molar-refractivity contribution in [2.75, 3.05) is 26.2 Å². The minimum Gasteiger partial charge on any atom is -0.396 e. The molecule has 3 heteroatoms. The zero-order chi connectivity index (χ0) is 13.7. The Balaban J connectivity index is 1.92. The van der Waals surface area contributed by atoms with Crippen molar-refractivity contribution in [2.24, 2.45) is 5.92 Å². The van der Waals surface area contributed by atoms with E-state index in [0.29, 0.717) is 12.5 Å². The van der Waals surface area contributed by atoms with Crippen molar-refractivity contribution in [3.63, 3.8) is 0 Å². The second-order valence-electron chi connectivity index (χ2n) is 5.40. The van der Waals surface area contributed by atoms with Crippen molar-refractivity contribution < 1.29 is 9.90 Å². The van der Waals surface area contributed by atoms with Crippen LogP contribution < -0.4 is 0 Å². The van der Waals surface area contributed by atoms with Crippen molar-refractivity contribution in [1.29, 1.82) is 0 Å². The first-order valence-electron chi connectivity index (χ1n) is 7.18. The van der Waals surface area contributed by atoms with Crippen LogP contribution in [0.3, 0.4) is 0 Å². The Hall–Kier alpha value is -1.19. The predicted molar refractivity (Wildman–Crippen MR) is 76.4 cm³/mol. The van der Waals surface area contributed by atoms with Crippen LogP contribution in [0.4, 0.5) is 0 Å². The molecule has 0 aliphatic carbocycles. The smallest absolute Gasteiger partial charge is 0.176 e. The van der Waals surface area contributed by atoms with Gasteiger partial charge in [-0.3, -0.25) is 9.69 Å². The van der Waals surface area contributed by atoms with E-state index >= 15 is 0 Å². The Morgan fingerprint density at radius 1 is 1.37 bits per heavy atom. The Bertz CT molecular complexity index is 413. The third-order valence-corrected chi connectivity index (χ3v) is 3.91. The quantitative estimate of drug-likeness (QED) is 0.826. The van der Waals surface area contributed by atoms with Crippen LogP contribution in [0.5, 0.6) is 0 Å². The van der Waals surface area contributed by atoms with E-state index in [1.165, 1.54) is 5.56 Å². The van der Waals surface area contributed by atoms with Crippen LogP contribution >= 0.6 is 0 Å². The fourth-order valence-corrected chi connectivity index (χ4v) is 2.66. The van der Waals surface area contributed by atoms with E-state index in [1.54, 1.807) is 0 Å². The number of rotatable bonds is 5. The van der Waals surface area contributed by atoms with Crippen molar-refractivity contribution in [3.05, 3.63) is 35.4 Å². The van der Waals surface area contributed by atoms with Gasteiger partial charge in [-0.1, -0.05) is 31.2 Å². The first kappa shape index (κ1) is 14.2. The molecule has 1 fully saturated rings. The second-order valence-corrected chi connectivity index (χ2v) is 5.40. The van der Waals surface area contributed by atoms with Crippen molar-refractivity contribution in [3.8, 4) is 0 Å². The third-order valence-electron chi connectivity index (χ3n) is 3.91. The number of aryl methyl sites for hydroxylation is 1. The normalized spacial score (nSPS) is 20.4. The lowest BCUT2D eigenvalue weighted by molar-refractivity contribution is 0.0833. The number of aliphatic hydroxyl groups is 1. The molecule has 1 atom stereocenters. The molecule has 1 aliphatic heterocycles. The van der Waals surface area contributed by atoms with Crippen LogP contribution in [0.25, 0.3) is 0 Å². The Morgan fingerprint density at radius 2 is 2.11 bits per heavy atom. The number of nitrogens with zero attached hydrogens (tertiary/aromatic N) is 1. The van der Waals surface area contributed by atoms with Gasteiger partial charge in [-0.25, -0.2) is 0 Å². The van der Waals surface area contributed by atoms with Gasteiger partial charge in [0.25, 0.3) is 0 Å². The van der Waals surface area contributed by atoms with Crippen LogP contribution in [-0.4, -0.2) is 42.0 Å². The summed E-state index contributed by atoms with van der Waals surface area (Å²) in [7, 11) is 0. The Kier molecular flexibility index (Phi) is 5.11. The molecule has 1 aliphatic rings. The summed E-state index contributed by atoms with van der Waals surface area (Å²) in [6.45, 7) is 4.63. The van der Waals surface area contributed by atoms with Crippen LogP contribution in [0, 0.1) is 5.92 Å². The molecule has 0 amide bonds. The largest absolute Gasteiger partial charge is 0.396 e. The molecule has 104 valence electrons. The van der Waals surface area contributed by atoms with Gasteiger partial charge < -0.3 is 5.11 Å². The minimum absolute atomic E-state index is 0.182. The fourth-order valence-electron chi connectivity index (χ4n) is 2.66. The zero-order valence-electron chi connectivity index (χ0n) is 11.6. The summed E-state index contributed by atoms with van der Waals surface area (Å²) in [5.41, 5.74) is 2.05. The zero-order valence-corrected chi connectivity index (χ0v) is 11.6. The number of piperidine rings is 1. The van der Waals surface area contributed by atoms with Crippen LogP contribution in [0.1, 0.15) is 35.7 Å². The van der Waals surface area contributed by atoms with Gasteiger partial charge in [0.05, 0.1) is 6.54 Å². The first-order valence-corrected chi connectivity index (χ1v) is 7.18. The molecule has 0 aromatic heterocycles. The number of Topliss-reactive ketones (excluding diaryl/α,β-unsaturated/α-hetero) is 1. The fraction of sp³-hybridized carbons (Fsp3) is 0.562. The molecule has 1 aromatic rings. The number of aliphatic hydroxyl groups excluding tert-OH is 1. The highest BCUT2D eigenvalue weighted by Crippen LogP contribution is 2.16. The van der Waals surface area contributed by atoms with E-state index < -0.39 is 0 Å². The van der Waals surface area contributed by atoms with Gasteiger partial charge >= 0.3 is 0 Å². The average molecular weight is 261 g/mol. The molecular weight excluding hydrogens is 238 g/mol. The molecule has 3 nitrogen and oxygen atoms in total. The van der Waals surface area contributed by atoms with Crippen LogP contribution in [-0.2, 0) is 6.42 Å². The second kappa shape index (κ2) is 6.83. The van der Waals surface area contributed by atoms with E-state index in [1.807, 2.05) is 24.3 Å². The average Bonchev–Trinajstić information content (AvgIpc) is 2.47. The van der Waals surface area contributed by atoms with Gasteiger partial charge in [0.2, 0.25) is 0 Å². The highest BCUT2D eigenvalue weighted by molar-refractivity contribution is 5.97. The van der Waals surface area contributed by atoms with Gasteiger partial charge in [0, 0.05) is 18.7 Å². The number of carbonyl (C=O) groups excluding carboxylic acids is 1. The molecule has 0 bridgehead atoms. The number of ketones is 1. The maximum atomic E-state index is 12.2. The number of carbonyl (C=O) groups is 1. The molecule has 1 aromatic carbocycles. The molecule has 2 rings (SSSR count). The Morgan fingerprint density at radius 3 is 2.74 bits per heavy atom. The van der Waals surface area contributed by atoms with Gasteiger partial charge in [-0.05, 0) is 37.3 Å². The maximum Gasteiger partial charge on any atom is 0.176 e. The van der Waals surface area contributed by atoms with Gasteiger partial charge in [0.1, 0.15) is 0 Å². The van der Waals surface area contributed by atoms with Crippen molar-refractivity contribution in [1.82, 2.24) is 4.90 Å². The third kappa shape index (κ3) is 3.88. The summed E-state index contributed by atoms with van der Waals surface area (Å²) in [4.78, 5) is 14.4. The van der Waals surface area contributed by atoms with Gasteiger partial charge in [0.15, 0.2) is 5.78 Å². The first-order chi connectivity index (χ1) is 9.22. The number of hydrogen-bond donors (Lipinski definition) is 1. The minimum atomic E-state index is 0.182. The van der Waals surface area contributed by atoms with Gasteiger partial charge in [-0.2, -0.15) is 0 Å². The molecule has 1 saturated heterocycles. The van der Waals surface area contributed by atoms with E-state index in [0.717, 1.165) is 37.9 Å². The SMILES string of the molecule is CCc1ccc(C(=O)CN2CCCC(CO)C2)cc1. The molecule has 1 heterocycles. The van der Waals surface area contributed by atoms with Crippen LogP contribution in [0.15, 0.2) is 24.3 Å². The van der Waals surface area contributed by atoms with Crippen molar-refractivity contribution in [2.45, 2.75) is 26.2 Å². The molecule has 0 saturated carbocycles. The van der Waals surface area contributed by atoms with Crippen LogP contribution in [0.2, 0.25) is 0 Å². The van der Waals surface area contributed by atoms with E-state index in [4.69, 9.17) is 0 Å². The summed E-state index contributed by atoms with van der Waals surface area (Å²) in [5, 5.41) is 9.21. The summed E-state index contributed by atoms with van der Waals surface area (Å²) in [6, 6.07) is 7.91. The molecule has 0 spiro atoms. The lowest BCUT2D eigenvalue weighted by Crippen LogP contribution is -2.39. The number of hydrogen-bond acceptors (Lipinski definition) is 3. The Labute approximate surface area is 115 Å². The summed E-state index contributed by atoms with van der Waals surface area (Å²) in [5.74, 6) is 0.519. The van der Waals surface area contributed by atoms with Gasteiger partial charge in [-0.15, -0.1) is 0 Å². The molecular formula is C16H23NO2.